The number of aromatic nitrogens is 1. The highest BCUT2D eigenvalue weighted by Gasteiger charge is 2.05. The molecule has 0 spiro atoms. The van der Waals surface area contributed by atoms with E-state index < -0.39 is 12.6 Å². The van der Waals surface area contributed by atoms with Crippen molar-refractivity contribution in [2.75, 3.05) is 6.61 Å². The van der Waals surface area contributed by atoms with Gasteiger partial charge in [0.15, 0.2) is 6.61 Å². The van der Waals surface area contributed by atoms with Crippen LogP contribution in [0.5, 0.6) is 5.75 Å². The lowest BCUT2D eigenvalue weighted by molar-refractivity contribution is -0.139. The summed E-state index contributed by atoms with van der Waals surface area (Å²) in [6, 6.07) is 7.95. The molecule has 0 saturated heterocycles. The van der Waals surface area contributed by atoms with E-state index in [1.807, 2.05) is 0 Å². The number of aliphatic carboxylic acids is 1. The number of rotatable bonds is 6. The van der Waals surface area contributed by atoms with Crippen molar-refractivity contribution in [1.82, 2.24) is 10.4 Å². The van der Waals surface area contributed by atoms with Crippen molar-refractivity contribution in [3.63, 3.8) is 0 Å². The third kappa shape index (κ3) is 5.08. The first-order chi connectivity index (χ1) is 11.1. The monoisotopic (exact) mass is 333 g/mol. The van der Waals surface area contributed by atoms with E-state index in [0.717, 1.165) is 0 Å². The quantitative estimate of drug-likeness (QED) is 0.621. The molecule has 0 fully saturated rings. The number of ether oxygens (including phenoxy) is 1. The van der Waals surface area contributed by atoms with Gasteiger partial charge in [0.1, 0.15) is 5.75 Å². The number of amides is 1. The van der Waals surface area contributed by atoms with Crippen LogP contribution >= 0.6 is 11.6 Å². The fraction of sp³-hybridized carbons (Fsp3) is 0.0667. The normalized spacial score (nSPS) is 10.5. The summed E-state index contributed by atoms with van der Waals surface area (Å²) in [4.78, 5) is 26.0. The number of carbonyl (C=O) groups is 2. The number of nitrogens with one attached hydrogen (secondary N) is 1. The zero-order valence-electron chi connectivity index (χ0n) is 11.8. The maximum Gasteiger partial charge on any atom is 0.341 e. The van der Waals surface area contributed by atoms with Crippen LogP contribution in [0, 0.1) is 0 Å². The number of hydrogen-bond donors (Lipinski definition) is 2. The summed E-state index contributed by atoms with van der Waals surface area (Å²) in [5.74, 6) is -1.22. The molecule has 2 rings (SSSR count). The first-order valence-corrected chi connectivity index (χ1v) is 6.81. The van der Waals surface area contributed by atoms with Crippen molar-refractivity contribution in [2.45, 2.75) is 0 Å². The molecule has 0 saturated carbocycles. The summed E-state index contributed by atoms with van der Waals surface area (Å²) in [5, 5.41) is 12.6. The predicted molar refractivity (Wildman–Crippen MR) is 83.9 cm³/mol. The average Bonchev–Trinajstić information content (AvgIpc) is 2.54. The minimum absolute atomic E-state index is 0.244. The molecule has 0 aliphatic carbocycles. The number of pyridine rings is 1. The summed E-state index contributed by atoms with van der Waals surface area (Å²) in [6.07, 6.45) is 4.40. The smallest absolute Gasteiger partial charge is 0.341 e. The van der Waals surface area contributed by atoms with Gasteiger partial charge < -0.3 is 9.84 Å². The molecule has 1 heterocycles. The topological polar surface area (TPSA) is 101 Å². The number of carboxylic acids is 1. The van der Waals surface area contributed by atoms with Crippen molar-refractivity contribution < 1.29 is 19.4 Å². The molecule has 118 valence electrons. The summed E-state index contributed by atoms with van der Waals surface area (Å²) in [7, 11) is 0. The molecular formula is C15H12ClN3O4. The van der Waals surface area contributed by atoms with Crippen molar-refractivity contribution >= 4 is 29.7 Å². The molecule has 7 nitrogen and oxygen atoms in total. The lowest BCUT2D eigenvalue weighted by atomic mass is 10.2. The average molecular weight is 334 g/mol. The van der Waals surface area contributed by atoms with E-state index in [9.17, 15) is 9.59 Å². The van der Waals surface area contributed by atoms with Gasteiger partial charge in [-0.25, -0.2) is 10.2 Å². The number of hydrazone groups is 1. The fourth-order valence-electron chi connectivity index (χ4n) is 1.58. The Morgan fingerprint density at radius 3 is 2.87 bits per heavy atom. The molecule has 1 aromatic carbocycles. The van der Waals surface area contributed by atoms with Crippen LogP contribution in [0.25, 0.3) is 0 Å². The Hall–Kier alpha value is -2.93. The van der Waals surface area contributed by atoms with Gasteiger partial charge in [-0.05, 0) is 35.9 Å². The van der Waals surface area contributed by atoms with E-state index in [1.54, 1.807) is 30.5 Å². The van der Waals surface area contributed by atoms with E-state index in [0.29, 0.717) is 11.1 Å². The zero-order chi connectivity index (χ0) is 16.7. The molecule has 0 unspecified atom stereocenters. The summed E-state index contributed by atoms with van der Waals surface area (Å²) in [6.45, 7) is -0.478. The third-order valence-electron chi connectivity index (χ3n) is 2.61. The molecule has 8 heteroatoms. The van der Waals surface area contributed by atoms with Crippen LogP contribution < -0.4 is 10.2 Å². The maximum atomic E-state index is 11.7. The van der Waals surface area contributed by atoms with E-state index in [2.05, 4.69) is 15.5 Å². The first kappa shape index (κ1) is 16.4. The van der Waals surface area contributed by atoms with Crippen LogP contribution in [0.3, 0.4) is 0 Å². The molecule has 23 heavy (non-hydrogen) atoms. The van der Waals surface area contributed by atoms with Gasteiger partial charge in [-0.2, -0.15) is 5.10 Å². The number of halogens is 1. The number of nitrogens with zero attached hydrogens (tertiary/aromatic N) is 2. The SMILES string of the molecule is O=C(O)COc1ccc(C=NNC(=O)c2cccnc2)cc1Cl. The first-order valence-electron chi connectivity index (χ1n) is 6.44. The molecule has 2 aromatic rings. The molecular weight excluding hydrogens is 322 g/mol. The number of carbonyl (C=O) groups excluding carboxylic acids is 1. The molecule has 2 N–H and O–H groups in total. The molecule has 0 aliphatic rings. The highest BCUT2D eigenvalue weighted by Crippen LogP contribution is 2.24. The summed E-state index contributed by atoms with van der Waals surface area (Å²) < 4.78 is 5.00. The molecule has 0 aliphatic heterocycles. The van der Waals surface area contributed by atoms with Crippen LogP contribution in [0.4, 0.5) is 0 Å². The highest BCUT2D eigenvalue weighted by molar-refractivity contribution is 6.32. The lowest BCUT2D eigenvalue weighted by Gasteiger charge is -2.05. The Morgan fingerprint density at radius 2 is 2.22 bits per heavy atom. The Balaban J connectivity index is 1.96. The summed E-state index contributed by atoms with van der Waals surface area (Å²) >= 11 is 5.98. The Morgan fingerprint density at radius 1 is 1.39 bits per heavy atom. The largest absolute Gasteiger partial charge is 0.480 e. The second kappa shape index (κ2) is 7.90. The summed E-state index contributed by atoms with van der Waals surface area (Å²) in [5.41, 5.74) is 3.36. The Kier molecular flexibility index (Phi) is 5.65. The van der Waals surface area contributed by atoms with Crippen LogP contribution in [0.15, 0.2) is 47.8 Å². The Bertz CT molecular complexity index is 735. The van der Waals surface area contributed by atoms with Crippen LogP contribution in [-0.4, -0.2) is 34.8 Å². The standard InChI is InChI=1S/C15H12ClN3O4/c16-12-6-10(3-4-13(12)23-9-14(20)21)7-18-19-15(22)11-2-1-5-17-8-11/h1-8H,9H2,(H,19,22)(H,20,21). The second-order valence-corrected chi connectivity index (χ2v) is 4.72. The van der Waals surface area contributed by atoms with Crippen molar-refractivity contribution in [2.24, 2.45) is 5.10 Å². The molecule has 0 bridgehead atoms. The van der Waals surface area contributed by atoms with Crippen LogP contribution in [-0.2, 0) is 4.79 Å². The van der Waals surface area contributed by atoms with Gasteiger partial charge in [-0.1, -0.05) is 11.6 Å². The predicted octanol–water partition coefficient (Wildman–Crippen LogP) is 1.96. The van der Waals surface area contributed by atoms with Gasteiger partial charge in [-0.15, -0.1) is 0 Å². The fourth-order valence-corrected chi connectivity index (χ4v) is 1.82. The zero-order valence-corrected chi connectivity index (χ0v) is 12.5. The molecule has 0 radical (unpaired) electrons. The van der Waals surface area contributed by atoms with Gasteiger partial charge in [0.2, 0.25) is 0 Å². The number of carboxylic acid groups (broad SMARTS) is 1. The third-order valence-corrected chi connectivity index (χ3v) is 2.91. The van der Waals surface area contributed by atoms with E-state index in [1.165, 1.54) is 18.5 Å². The van der Waals surface area contributed by atoms with Gasteiger partial charge in [-0.3, -0.25) is 9.78 Å². The van der Waals surface area contributed by atoms with Crippen molar-refractivity contribution in [1.29, 1.82) is 0 Å². The lowest BCUT2D eigenvalue weighted by Crippen LogP contribution is -2.17. The van der Waals surface area contributed by atoms with Gasteiger partial charge >= 0.3 is 5.97 Å². The van der Waals surface area contributed by atoms with E-state index in [4.69, 9.17) is 21.4 Å². The molecule has 0 atom stereocenters. The molecule has 1 aromatic heterocycles. The maximum absolute atomic E-state index is 11.7. The highest BCUT2D eigenvalue weighted by atomic mass is 35.5. The van der Waals surface area contributed by atoms with E-state index in [-0.39, 0.29) is 16.7 Å². The Labute approximate surface area is 136 Å². The van der Waals surface area contributed by atoms with Gasteiger partial charge in [0.05, 0.1) is 16.8 Å². The number of hydrogen-bond acceptors (Lipinski definition) is 5. The van der Waals surface area contributed by atoms with Gasteiger partial charge in [0, 0.05) is 12.4 Å². The van der Waals surface area contributed by atoms with Gasteiger partial charge in [0.25, 0.3) is 5.91 Å². The number of benzene rings is 1. The van der Waals surface area contributed by atoms with E-state index >= 15 is 0 Å². The van der Waals surface area contributed by atoms with Crippen molar-refractivity contribution in [3.05, 3.63) is 58.9 Å². The van der Waals surface area contributed by atoms with Crippen LogP contribution in [0.1, 0.15) is 15.9 Å². The van der Waals surface area contributed by atoms with Crippen molar-refractivity contribution in [3.8, 4) is 5.75 Å². The minimum atomic E-state index is -1.09. The minimum Gasteiger partial charge on any atom is -0.480 e. The molecule has 1 amide bonds. The van der Waals surface area contributed by atoms with Crippen LogP contribution in [0.2, 0.25) is 5.02 Å². The second-order valence-electron chi connectivity index (χ2n) is 4.31.